The first-order valence-electron chi connectivity index (χ1n) is 9.32. The van der Waals surface area contributed by atoms with Crippen molar-refractivity contribution in [2.45, 2.75) is 13.0 Å². The van der Waals surface area contributed by atoms with Crippen LogP contribution >= 0.6 is 0 Å². The summed E-state index contributed by atoms with van der Waals surface area (Å²) in [7, 11) is 0. The highest BCUT2D eigenvalue weighted by Gasteiger charge is 2.18. The predicted octanol–water partition coefficient (Wildman–Crippen LogP) is 1.95. The molecule has 2 N–H and O–H groups in total. The fraction of sp³-hybridized carbons (Fsp3) is 0.350. The Hall–Kier alpha value is -2.77. The van der Waals surface area contributed by atoms with Crippen molar-refractivity contribution in [1.29, 1.82) is 0 Å². The molecule has 7 nitrogen and oxygen atoms in total. The number of anilines is 1. The van der Waals surface area contributed by atoms with Crippen LogP contribution in [0.2, 0.25) is 0 Å². The first-order valence-corrected chi connectivity index (χ1v) is 9.32. The molecule has 0 bridgehead atoms. The molecule has 0 unspecified atom stereocenters. The van der Waals surface area contributed by atoms with Crippen LogP contribution in [0.1, 0.15) is 11.5 Å². The van der Waals surface area contributed by atoms with Gasteiger partial charge < -0.3 is 15.2 Å². The molecular formula is C20H24N6O. The van der Waals surface area contributed by atoms with Crippen molar-refractivity contribution in [3.8, 4) is 11.4 Å². The van der Waals surface area contributed by atoms with Gasteiger partial charge in [0.1, 0.15) is 5.82 Å². The summed E-state index contributed by atoms with van der Waals surface area (Å²) in [5, 5.41) is 4.11. The van der Waals surface area contributed by atoms with Gasteiger partial charge in [-0.05, 0) is 17.7 Å². The highest BCUT2D eigenvalue weighted by molar-refractivity contribution is 5.54. The van der Waals surface area contributed by atoms with Gasteiger partial charge in [-0.25, -0.2) is 4.98 Å². The van der Waals surface area contributed by atoms with E-state index in [0.29, 0.717) is 18.3 Å². The molecule has 3 aromatic rings. The molecule has 0 amide bonds. The van der Waals surface area contributed by atoms with E-state index in [1.165, 1.54) is 0 Å². The molecule has 0 atom stereocenters. The maximum atomic E-state index is 5.63. The van der Waals surface area contributed by atoms with Crippen LogP contribution in [0.3, 0.4) is 0 Å². The minimum atomic E-state index is 0.533. The molecule has 1 aromatic carbocycles. The van der Waals surface area contributed by atoms with Gasteiger partial charge in [0, 0.05) is 57.4 Å². The number of hydrogen-bond acceptors (Lipinski definition) is 7. The fourth-order valence-corrected chi connectivity index (χ4v) is 3.26. The van der Waals surface area contributed by atoms with Gasteiger partial charge in [0.15, 0.2) is 0 Å². The number of hydrogen-bond donors (Lipinski definition) is 1. The molecule has 0 radical (unpaired) electrons. The molecule has 4 rings (SSSR count). The summed E-state index contributed by atoms with van der Waals surface area (Å²) in [6, 6.07) is 14.0. The van der Waals surface area contributed by atoms with Crippen LogP contribution < -0.4 is 10.6 Å². The maximum Gasteiger partial charge on any atom is 0.228 e. The lowest BCUT2D eigenvalue weighted by molar-refractivity contribution is 0.248. The molecule has 2 aromatic heterocycles. The van der Waals surface area contributed by atoms with Crippen LogP contribution in [-0.4, -0.2) is 52.7 Å². The van der Waals surface area contributed by atoms with E-state index in [4.69, 9.17) is 10.3 Å². The Morgan fingerprint density at radius 1 is 1.00 bits per heavy atom. The van der Waals surface area contributed by atoms with Gasteiger partial charge >= 0.3 is 0 Å². The molecule has 1 fully saturated rings. The summed E-state index contributed by atoms with van der Waals surface area (Å²) >= 11 is 0. The van der Waals surface area contributed by atoms with Crippen molar-refractivity contribution >= 4 is 5.82 Å². The van der Waals surface area contributed by atoms with E-state index in [9.17, 15) is 0 Å². The quantitative estimate of drug-likeness (QED) is 0.716. The first-order chi connectivity index (χ1) is 13.3. The highest BCUT2D eigenvalue weighted by Crippen LogP contribution is 2.17. The summed E-state index contributed by atoms with van der Waals surface area (Å²) in [5.41, 5.74) is 7.67. The Morgan fingerprint density at radius 3 is 2.52 bits per heavy atom. The van der Waals surface area contributed by atoms with Crippen molar-refractivity contribution in [1.82, 2.24) is 20.0 Å². The molecule has 7 heteroatoms. The van der Waals surface area contributed by atoms with Gasteiger partial charge in [-0.3, -0.25) is 4.90 Å². The Bertz CT molecular complexity index is 840. The number of aromatic nitrogens is 3. The van der Waals surface area contributed by atoms with Gasteiger partial charge in [0.25, 0.3) is 0 Å². The predicted molar refractivity (Wildman–Crippen MR) is 104 cm³/mol. The van der Waals surface area contributed by atoms with Crippen molar-refractivity contribution < 1.29 is 4.52 Å². The van der Waals surface area contributed by atoms with Crippen molar-refractivity contribution in [2.24, 2.45) is 5.73 Å². The zero-order valence-corrected chi connectivity index (χ0v) is 15.3. The Labute approximate surface area is 158 Å². The van der Waals surface area contributed by atoms with E-state index >= 15 is 0 Å². The molecule has 1 aliphatic heterocycles. The smallest absolute Gasteiger partial charge is 0.228 e. The lowest BCUT2D eigenvalue weighted by Crippen LogP contribution is -2.47. The number of rotatable bonds is 6. The van der Waals surface area contributed by atoms with E-state index in [1.807, 2.05) is 42.6 Å². The summed E-state index contributed by atoms with van der Waals surface area (Å²) in [5.74, 6) is 2.37. The zero-order valence-electron chi connectivity index (χ0n) is 15.3. The van der Waals surface area contributed by atoms with Crippen LogP contribution in [-0.2, 0) is 13.0 Å². The van der Waals surface area contributed by atoms with E-state index in [2.05, 4.69) is 31.0 Å². The molecule has 0 saturated carbocycles. The largest absolute Gasteiger partial charge is 0.354 e. The summed E-state index contributed by atoms with van der Waals surface area (Å²) in [6.45, 7) is 5.45. The van der Waals surface area contributed by atoms with Crippen LogP contribution in [0, 0.1) is 0 Å². The standard InChI is InChI=1S/C20H24N6O/c21-15-16-4-6-17(7-5-16)20-23-19(27-24-20)8-10-25-11-13-26(14-12-25)18-3-1-2-9-22-18/h1-7,9H,8,10-15,21H2. The van der Waals surface area contributed by atoms with E-state index < -0.39 is 0 Å². The lowest BCUT2D eigenvalue weighted by atomic mass is 10.1. The number of nitrogens with zero attached hydrogens (tertiary/aromatic N) is 5. The van der Waals surface area contributed by atoms with E-state index in [0.717, 1.165) is 56.1 Å². The molecule has 1 aliphatic rings. The highest BCUT2D eigenvalue weighted by atomic mass is 16.5. The third-order valence-corrected chi connectivity index (χ3v) is 4.90. The average molecular weight is 364 g/mol. The van der Waals surface area contributed by atoms with Gasteiger partial charge in [0.05, 0.1) is 0 Å². The number of pyridine rings is 1. The minimum absolute atomic E-state index is 0.533. The van der Waals surface area contributed by atoms with Crippen molar-refractivity contribution in [3.63, 3.8) is 0 Å². The topological polar surface area (TPSA) is 84.3 Å². The molecule has 27 heavy (non-hydrogen) atoms. The third-order valence-electron chi connectivity index (χ3n) is 4.90. The first kappa shape index (κ1) is 17.6. The zero-order chi connectivity index (χ0) is 18.5. The van der Waals surface area contributed by atoms with Gasteiger partial charge in [-0.15, -0.1) is 0 Å². The van der Waals surface area contributed by atoms with Crippen LogP contribution in [0.4, 0.5) is 5.82 Å². The van der Waals surface area contributed by atoms with E-state index in [1.54, 1.807) is 0 Å². The van der Waals surface area contributed by atoms with Crippen molar-refractivity contribution in [2.75, 3.05) is 37.6 Å². The fourth-order valence-electron chi connectivity index (χ4n) is 3.26. The second kappa shape index (κ2) is 8.28. The third kappa shape index (κ3) is 4.32. The number of piperazine rings is 1. The average Bonchev–Trinajstić information content (AvgIpc) is 3.22. The van der Waals surface area contributed by atoms with Crippen LogP contribution in [0.15, 0.2) is 53.2 Å². The summed E-state index contributed by atoms with van der Waals surface area (Å²) in [4.78, 5) is 13.7. The number of nitrogens with two attached hydrogens (primary N) is 1. The molecule has 140 valence electrons. The van der Waals surface area contributed by atoms with E-state index in [-0.39, 0.29) is 0 Å². The second-order valence-electron chi connectivity index (χ2n) is 6.68. The Kier molecular flexibility index (Phi) is 5.41. The Balaban J connectivity index is 1.28. The molecule has 1 saturated heterocycles. The lowest BCUT2D eigenvalue weighted by Gasteiger charge is -2.35. The van der Waals surface area contributed by atoms with Gasteiger partial charge in [-0.2, -0.15) is 4.98 Å². The monoisotopic (exact) mass is 364 g/mol. The summed E-state index contributed by atoms with van der Waals surface area (Å²) in [6.07, 6.45) is 2.61. The Morgan fingerprint density at radius 2 is 1.81 bits per heavy atom. The van der Waals surface area contributed by atoms with Crippen LogP contribution in [0.5, 0.6) is 0 Å². The number of benzene rings is 1. The maximum absolute atomic E-state index is 5.63. The molecule has 0 aliphatic carbocycles. The normalized spacial score (nSPS) is 15.2. The molecular weight excluding hydrogens is 340 g/mol. The van der Waals surface area contributed by atoms with Crippen molar-refractivity contribution in [3.05, 3.63) is 60.1 Å². The minimum Gasteiger partial charge on any atom is -0.354 e. The van der Waals surface area contributed by atoms with Gasteiger partial charge in [-0.1, -0.05) is 35.5 Å². The molecule has 0 spiro atoms. The second-order valence-corrected chi connectivity index (χ2v) is 6.68. The SMILES string of the molecule is NCc1ccc(-c2noc(CCN3CCN(c4ccccn4)CC3)n2)cc1. The molecule has 3 heterocycles. The summed E-state index contributed by atoms with van der Waals surface area (Å²) < 4.78 is 5.42. The van der Waals surface area contributed by atoms with Gasteiger partial charge in [0.2, 0.25) is 11.7 Å². The van der Waals surface area contributed by atoms with Crippen LogP contribution in [0.25, 0.3) is 11.4 Å².